The lowest BCUT2D eigenvalue weighted by atomic mass is 10.1. The molecule has 1 fully saturated rings. The molecule has 1 aliphatic heterocycles. The van der Waals surface area contributed by atoms with E-state index in [-0.39, 0.29) is 11.8 Å². The van der Waals surface area contributed by atoms with Gasteiger partial charge in [0.2, 0.25) is 0 Å². The second-order valence-corrected chi connectivity index (χ2v) is 8.88. The summed E-state index contributed by atoms with van der Waals surface area (Å²) in [6.45, 7) is 9.40. The van der Waals surface area contributed by atoms with Crippen molar-refractivity contribution in [1.82, 2.24) is 5.32 Å². The molecule has 0 spiro atoms. The van der Waals surface area contributed by atoms with Crippen LogP contribution in [0.5, 0.6) is 0 Å². The number of hydrogen-bond acceptors (Lipinski definition) is 3. The molecule has 29 heavy (non-hydrogen) atoms. The van der Waals surface area contributed by atoms with E-state index in [4.69, 9.17) is 0 Å². The summed E-state index contributed by atoms with van der Waals surface area (Å²) in [5.74, 6) is 0.181. The highest BCUT2D eigenvalue weighted by Gasteiger charge is 2.26. The second-order valence-electron chi connectivity index (χ2n) is 7.85. The van der Waals surface area contributed by atoms with Gasteiger partial charge in [0.15, 0.2) is 13.1 Å². The zero-order valence-electron chi connectivity index (χ0n) is 17.3. The van der Waals surface area contributed by atoms with Gasteiger partial charge in [-0.2, -0.15) is 0 Å². The molecule has 6 nitrogen and oxygen atoms in total. The normalized spacial score (nSPS) is 19.0. The lowest BCUT2D eigenvalue weighted by Gasteiger charge is -2.29. The maximum absolute atomic E-state index is 12.5. The van der Waals surface area contributed by atoms with Crippen LogP contribution in [0.15, 0.2) is 35.7 Å². The van der Waals surface area contributed by atoms with E-state index in [1.54, 1.807) is 11.3 Å². The van der Waals surface area contributed by atoms with Gasteiger partial charge in [-0.3, -0.25) is 9.59 Å². The van der Waals surface area contributed by atoms with E-state index in [1.165, 1.54) is 14.7 Å². The fourth-order valence-corrected chi connectivity index (χ4v) is 4.51. The second kappa shape index (κ2) is 10.5. The molecular weight excluding hydrogens is 384 g/mol. The van der Waals surface area contributed by atoms with Crippen molar-refractivity contribution in [2.45, 2.75) is 20.3 Å². The average Bonchev–Trinajstić information content (AvgIpc) is 3.20. The minimum Gasteiger partial charge on any atom is -0.351 e. The van der Waals surface area contributed by atoms with Crippen molar-refractivity contribution in [3.8, 4) is 0 Å². The lowest BCUT2D eigenvalue weighted by Crippen LogP contribution is -3.28. The number of carbonyl (C=O) groups is 2. The van der Waals surface area contributed by atoms with Gasteiger partial charge in [0.05, 0.1) is 0 Å². The number of benzene rings is 1. The highest BCUT2D eigenvalue weighted by molar-refractivity contribution is 7.09. The van der Waals surface area contributed by atoms with Crippen molar-refractivity contribution < 1.29 is 19.4 Å². The lowest BCUT2D eigenvalue weighted by molar-refractivity contribution is -1.00. The Morgan fingerprint density at radius 2 is 1.55 bits per heavy atom. The Balaban J connectivity index is 1.34. The summed E-state index contributed by atoms with van der Waals surface area (Å²) in [4.78, 5) is 28.5. The number of piperazine rings is 1. The largest absolute Gasteiger partial charge is 0.351 e. The van der Waals surface area contributed by atoms with Crippen LogP contribution >= 0.6 is 11.3 Å². The third-order valence-electron chi connectivity index (χ3n) is 5.50. The summed E-state index contributed by atoms with van der Waals surface area (Å²) < 4.78 is 0. The summed E-state index contributed by atoms with van der Waals surface area (Å²) in [6, 6.07) is 10.2. The Kier molecular flexibility index (Phi) is 7.80. The predicted octanol–water partition coefficient (Wildman–Crippen LogP) is -0.554. The van der Waals surface area contributed by atoms with Crippen LogP contribution in [0, 0.1) is 13.8 Å². The fourth-order valence-electron chi connectivity index (χ4n) is 3.80. The van der Waals surface area contributed by atoms with E-state index >= 15 is 0 Å². The van der Waals surface area contributed by atoms with Gasteiger partial charge in [0.1, 0.15) is 26.2 Å². The molecule has 0 saturated carbocycles. The third-order valence-corrected chi connectivity index (χ3v) is 6.44. The maximum Gasteiger partial charge on any atom is 0.279 e. The van der Waals surface area contributed by atoms with Crippen molar-refractivity contribution >= 4 is 28.8 Å². The number of hydrogen-bond donors (Lipinski definition) is 4. The number of thiophene rings is 1. The first-order valence-electron chi connectivity index (χ1n) is 10.3. The third kappa shape index (κ3) is 6.66. The molecular formula is C22H32N4O2S+2. The van der Waals surface area contributed by atoms with Crippen LogP contribution in [0.1, 0.15) is 16.0 Å². The summed E-state index contributed by atoms with van der Waals surface area (Å²) in [6.07, 6.45) is 0.895. The topological polar surface area (TPSA) is 67.1 Å². The molecule has 0 radical (unpaired) electrons. The number of rotatable bonds is 8. The van der Waals surface area contributed by atoms with Crippen LogP contribution in [0.3, 0.4) is 0 Å². The molecule has 2 aromatic rings. The molecule has 2 heterocycles. The first kappa shape index (κ1) is 21.5. The molecule has 1 saturated heterocycles. The predicted molar refractivity (Wildman–Crippen MR) is 117 cm³/mol. The number of amides is 2. The van der Waals surface area contributed by atoms with Gasteiger partial charge < -0.3 is 20.4 Å². The summed E-state index contributed by atoms with van der Waals surface area (Å²) in [7, 11) is 0. The molecule has 1 aromatic carbocycles. The van der Waals surface area contributed by atoms with Crippen LogP contribution in [0.25, 0.3) is 0 Å². The molecule has 2 amide bonds. The highest BCUT2D eigenvalue weighted by atomic mass is 32.1. The average molecular weight is 417 g/mol. The Labute approximate surface area is 176 Å². The smallest absolute Gasteiger partial charge is 0.279 e. The van der Waals surface area contributed by atoms with Crippen molar-refractivity contribution in [1.29, 1.82) is 0 Å². The van der Waals surface area contributed by atoms with Crippen molar-refractivity contribution in [3.05, 3.63) is 51.7 Å². The first-order chi connectivity index (χ1) is 14.0. The van der Waals surface area contributed by atoms with Crippen LogP contribution in [-0.2, 0) is 16.0 Å². The zero-order chi connectivity index (χ0) is 20.6. The monoisotopic (exact) mass is 416 g/mol. The van der Waals surface area contributed by atoms with Crippen LogP contribution < -0.4 is 20.4 Å². The zero-order valence-corrected chi connectivity index (χ0v) is 18.2. The molecule has 7 heteroatoms. The maximum atomic E-state index is 12.5. The Morgan fingerprint density at radius 3 is 2.14 bits per heavy atom. The van der Waals surface area contributed by atoms with Gasteiger partial charge in [-0.1, -0.05) is 24.3 Å². The van der Waals surface area contributed by atoms with E-state index in [0.29, 0.717) is 19.6 Å². The van der Waals surface area contributed by atoms with Gasteiger partial charge in [0.25, 0.3) is 11.8 Å². The molecule has 4 N–H and O–H groups in total. The van der Waals surface area contributed by atoms with Gasteiger partial charge in [0, 0.05) is 17.1 Å². The van der Waals surface area contributed by atoms with Gasteiger partial charge in [-0.05, 0) is 42.8 Å². The quantitative estimate of drug-likeness (QED) is 0.466. The summed E-state index contributed by atoms with van der Waals surface area (Å²) >= 11 is 1.73. The molecule has 1 aromatic heterocycles. The highest BCUT2D eigenvalue weighted by Crippen LogP contribution is 2.18. The van der Waals surface area contributed by atoms with Gasteiger partial charge in [-0.25, -0.2) is 0 Å². The van der Waals surface area contributed by atoms with Crippen molar-refractivity contribution in [2.75, 3.05) is 51.1 Å². The molecule has 156 valence electrons. The molecule has 0 atom stereocenters. The van der Waals surface area contributed by atoms with Crippen molar-refractivity contribution in [3.63, 3.8) is 0 Å². The Hall–Kier alpha value is -2.22. The molecule has 3 rings (SSSR count). The standard InChI is InChI=1S/C22H30N4O2S/c1-17-5-3-6-18(2)22(17)24-21(28)16-26-12-10-25(11-13-26)15-20(27)23-9-8-19-7-4-14-29-19/h3-7,14H,8-13,15-16H2,1-2H3,(H,23,27)(H,24,28)/p+2. The van der Waals surface area contributed by atoms with E-state index in [0.717, 1.165) is 49.4 Å². The van der Waals surface area contributed by atoms with E-state index in [1.807, 2.05) is 38.1 Å². The molecule has 1 aliphatic rings. The molecule has 0 bridgehead atoms. The summed E-state index contributed by atoms with van der Waals surface area (Å²) in [5, 5.41) is 8.16. The Bertz CT molecular complexity index is 794. The fraction of sp³-hybridized carbons (Fsp3) is 0.455. The number of anilines is 1. The van der Waals surface area contributed by atoms with E-state index < -0.39 is 0 Å². The number of nitrogens with one attached hydrogen (secondary N) is 4. The van der Waals surface area contributed by atoms with E-state index in [2.05, 4.69) is 22.1 Å². The molecule has 0 unspecified atom stereocenters. The number of quaternary nitrogens is 2. The first-order valence-corrected chi connectivity index (χ1v) is 11.2. The SMILES string of the molecule is Cc1cccc(C)c1NC(=O)C[NH+]1CC[NH+](CC(=O)NCCc2cccs2)CC1. The van der Waals surface area contributed by atoms with E-state index in [9.17, 15) is 9.59 Å². The van der Waals surface area contributed by atoms with Crippen LogP contribution in [0.2, 0.25) is 0 Å². The summed E-state index contributed by atoms with van der Waals surface area (Å²) in [5.41, 5.74) is 3.11. The minimum atomic E-state index is 0.0622. The van der Waals surface area contributed by atoms with Crippen molar-refractivity contribution in [2.24, 2.45) is 0 Å². The van der Waals surface area contributed by atoms with Crippen LogP contribution in [-0.4, -0.2) is 57.6 Å². The number of carbonyl (C=O) groups excluding carboxylic acids is 2. The van der Waals surface area contributed by atoms with Gasteiger partial charge >= 0.3 is 0 Å². The molecule has 0 aliphatic carbocycles. The van der Waals surface area contributed by atoms with Crippen LogP contribution in [0.4, 0.5) is 5.69 Å². The minimum absolute atomic E-state index is 0.0622. The Morgan fingerprint density at radius 1 is 0.931 bits per heavy atom. The number of para-hydroxylation sites is 1. The number of aryl methyl sites for hydroxylation is 2. The van der Waals surface area contributed by atoms with Gasteiger partial charge in [-0.15, -0.1) is 11.3 Å².